The SMILES string of the molecule is O=C(O)c1ccccc1C(=O)NCC1CCCS1. The molecule has 4 nitrogen and oxygen atoms in total. The maximum Gasteiger partial charge on any atom is 0.336 e. The first-order chi connectivity index (χ1) is 8.68. The van der Waals surface area contributed by atoms with Gasteiger partial charge in [0.15, 0.2) is 0 Å². The molecular formula is C13H15NO3S. The number of hydrogen-bond donors (Lipinski definition) is 2. The van der Waals surface area contributed by atoms with E-state index >= 15 is 0 Å². The third kappa shape index (κ3) is 3.04. The van der Waals surface area contributed by atoms with Crippen LogP contribution in [-0.4, -0.2) is 34.5 Å². The number of rotatable bonds is 4. The van der Waals surface area contributed by atoms with Crippen molar-refractivity contribution >= 4 is 23.6 Å². The highest BCUT2D eigenvalue weighted by molar-refractivity contribution is 8.00. The molecule has 1 fully saturated rings. The summed E-state index contributed by atoms with van der Waals surface area (Å²) in [6, 6.07) is 6.28. The first kappa shape index (κ1) is 13.0. The molecule has 1 aromatic rings. The van der Waals surface area contributed by atoms with Gasteiger partial charge in [-0.25, -0.2) is 4.79 Å². The molecule has 5 heteroatoms. The summed E-state index contributed by atoms with van der Waals surface area (Å²) in [5.74, 6) is -0.233. The molecule has 1 atom stereocenters. The topological polar surface area (TPSA) is 66.4 Å². The van der Waals surface area contributed by atoms with Crippen LogP contribution in [0.1, 0.15) is 33.6 Å². The van der Waals surface area contributed by atoms with Crippen LogP contribution in [0.4, 0.5) is 0 Å². The number of benzene rings is 1. The molecule has 0 saturated carbocycles. The van der Waals surface area contributed by atoms with Gasteiger partial charge in [-0.05, 0) is 30.7 Å². The molecule has 1 heterocycles. The third-order valence-corrected chi connectivity index (χ3v) is 4.31. The van der Waals surface area contributed by atoms with Gasteiger partial charge in [0.25, 0.3) is 5.91 Å². The Bertz CT molecular complexity index is 455. The fourth-order valence-electron chi connectivity index (χ4n) is 1.97. The quantitative estimate of drug-likeness (QED) is 0.874. The largest absolute Gasteiger partial charge is 0.478 e. The lowest BCUT2D eigenvalue weighted by Gasteiger charge is -2.11. The highest BCUT2D eigenvalue weighted by Crippen LogP contribution is 2.25. The highest BCUT2D eigenvalue weighted by atomic mass is 32.2. The van der Waals surface area contributed by atoms with E-state index in [9.17, 15) is 9.59 Å². The molecule has 0 bridgehead atoms. The van der Waals surface area contributed by atoms with E-state index in [4.69, 9.17) is 5.11 Å². The van der Waals surface area contributed by atoms with E-state index in [1.54, 1.807) is 18.2 Å². The number of carbonyl (C=O) groups excluding carboxylic acids is 1. The number of aromatic carboxylic acids is 1. The number of carboxylic acid groups (broad SMARTS) is 1. The molecule has 0 radical (unpaired) electrons. The first-order valence-electron chi connectivity index (χ1n) is 5.90. The predicted octanol–water partition coefficient (Wildman–Crippen LogP) is 2.01. The first-order valence-corrected chi connectivity index (χ1v) is 6.95. The Labute approximate surface area is 110 Å². The van der Waals surface area contributed by atoms with Gasteiger partial charge in [0.1, 0.15) is 0 Å². The average molecular weight is 265 g/mol. The van der Waals surface area contributed by atoms with E-state index in [1.807, 2.05) is 11.8 Å². The van der Waals surface area contributed by atoms with Crippen LogP contribution in [-0.2, 0) is 0 Å². The Balaban J connectivity index is 2.01. The van der Waals surface area contributed by atoms with Gasteiger partial charge in [-0.1, -0.05) is 12.1 Å². The Hall–Kier alpha value is -1.49. The van der Waals surface area contributed by atoms with Crippen molar-refractivity contribution in [2.24, 2.45) is 0 Å². The normalized spacial score (nSPS) is 18.6. The van der Waals surface area contributed by atoms with Gasteiger partial charge in [-0.2, -0.15) is 11.8 Å². The van der Waals surface area contributed by atoms with Crippen LogP contribution in [0.3, 0.4) is 0 Å². The van der Waals surface area contributed by atoms with Gasteiger partial charge >= 0.3 is 5.97 Å². The van der Waals surface area contributed by atoms with Gasteiger partial charge < -0.3 is 10.4 Å². The lowest BCUT2D eigenvalue weighted by molar-refractivity contribution is 0.0691. The van der Waals surface area contributed by atoms with Crippen molar-refractivity contribution in [3.63, 3.8) is 0 Å². The second kappa shape index (κ2) is 5.91. The maximum absolute atomic E-state index is 11.9. The van der Waals surface area contributed by atoms with E-state index in [-0.39, 0.29) is 17.0 Å². The van der Waals surface area contributed by atoms with Crippen LogP contribution in [0.25, 0.3) is 0 Å². The number of thioether (sulfide) groups is 1. The number of carbonyl (C=O) groups is 2. The molecule has 1 aliphatic heterocycles. The van der Waals surface area contributed by atoms with E-state index < -0.39 is 5.97 Å². The fourth-order valence-corrected chi connectivity index (χ4v) is 3.18. The Morgan fingerprint density at radius 1 is 1.33 bits per heavy atom. The molecule has 1 aromatic carbocycles. The van der Waals surface area contributed by atoms with Crippen molar-refractivity contribution < 1.29 is 14.7 Å². The number of nitrogens with one attached hydrogen (secondary N) is 1. The number of hydrogen-bond acceptors (Lipinski definition) is 3. The molecule has 1 unspecified atom stereocenters. The van der Waals surface area contributed by atoms with Gasteiger partial charge in [0.2, 0.25) is 0 Å². The van der Waals surface area contributed by atoms with Crippen molar-refractivity contribution in [2.75, 3.05) is 12.3 Å². The molecule has 2 rings (SSSR count). The standard InChI is InChI=1S/C13H15NO3S/c15-12(14-8-9-4-3-7-18-9)10-5-1-2-6-11(10)13(16)17/h1-2,5-6,9H,3-4,7-8H2,(H,14,15)(H,16,17). The van der Waals surface area contributed by atoms with Crippen molar-refractivity contribution in [1.29, 1.82) is 0 Å². The molecule has 1 saturated heterocycles. The monoisotopic (exact) mass is 265 g/mol. The highest BCUT2D eigenvalue weighted by Gasteiger charge is 2.19. The summed E-state index contributed by atoms with van der Waals surface area (Å²) in [6.07, 6.45) is 2.31. The molecule has 1 amide bonds. The zero-order valence-electron chi connectivity index (χ0n) is 9.89. The molecule has 0 aliphatic carbocycles. The average Bonchev–Trinajstić information content (AvgIpc) is 2.89. The summed E-state index contributed by atoms with van der Waals surface area (Å²) in [4.78, 5) is 22.9. The summed E-state index contributed by atoms with van der Waals surface area (Å²) < 4.78 is 0. The summed E-state index contributed by atoms with van der Waals surface area (Å²) in [7, 11) is 0. The van der Waals surface area contributed by atoms with Gasteiger partial charge in [0.05, 0.1) is 11.1 Å². The molecular weight excluding hydrogens is 250 g/mol. The smallest absolute Gasteiger partial charge is 0.336 e. The van der Waals surface area contributed by atoms with Gasteiger partial charge in [0, 0.05) is 11.8 Å². The molecule has 96 valence electrons. The van der Waals surface area contributed by atoms with Crippen LogP contribution < -0.4 is 5.32 Å². The Morgan fingerprint density at radius 2 is 2.06 bits per heavy atom. The number of carboxylic acids is 1. The Kier molecular flexibility index (Phi) is 4.25. The summed E-state index contributed by atoms with van der Waals surface area (Å²) in [5, 5.41) is 12.3. The van der Waals surface area contributed by atoms with Crippen molar-refractivity contribution in [3.8, 4) is 0 Å². The second-order valence-electron chi connectivity index (χ2n) is 4.20. The van der Waals surface area contributed by atoms with Crippen LogP contribution in [0.5, 0.6) is 0 Å². The molecule has 0 spiro atoms. The minimum absolute atomic E-state index is 0.0501. The lowest BCUT2D eigenvalue weighted by Crippen LogP contribution is -2.30. The molecule has 0 aromatic heterocycles. The minimum atomic E-state index is -1.07. The second-order valence-corrected chi connectivity index (χ2v) is 5.60. The van der Waals surface area contributed by atoms with Crippen LogP contribution in [0, 0.1) is 0 Å². The molecule has 2 N–H and O–H groups in total. The number of amides is 1. The molecule has 18 heavy (non-hydrogen) atoms. The molecule has 1 aliphatic rings. The van der Waals surface area contributed by atoms with Crippen molar-refractivity contribution in [1.82, 2.24) is 5.32 Å². The summed E-state index contributed by atoms with van der Waals surface area (Å²) in [5.41, 5.74) is 0.280. The minimum Gasteiger partial charge on any atom is -0.478 e. The van der Waals surface area contributed by atoms with Crippen molar-refractivity contribution in [3.05, 3.63) is 35.4 Å². The van der Waals surface area contributed by atoms with Gasteiger partial charge in [-0.15, -0.1) is 0 Å². The zero-order chi connectivity index (χ0) is 13.0. The maximum atomic E-state index is 11.9. The van der Waals surface area contributed by atoms with E-state index in [2.05, 4.69) is 5.32 Å². The van der Waals surface area contributed by atoms with Gasteiger partial charge in [-0.3, -0.25) is 4.79 Å². The van der Waals surface area contributed by atoms with E-state index in [1.165, 1.54) is 12.5 Å². The zero-order valence-corrected chi connectivity index (χ0v) is 10.7. The van der Waals surface area contributed by atoms with Crippen LogP contribution >= 0.6 is 11.8 Å². The fraction of sp³-hybridized carbons (Fsp3) is 0.385. The van der Waals surface area contributed by atoms with Crippen LogP contribution in [0.15, 0.2) is 24.3 Å². The third-order valence-electron chi connectivity index (χ3n) is 2.92. The van der Waals surface area contributed by atoms with Crippen LogP contribution in [0.2, 0.25) is 0 Å². The summed E-state index contributed by atoms with van der Waals surface area (Å²) >= 11 is 1.86. The lowest BCUT2D eigenvalue weighted by atomic mass is 10.1. The summed E-state index contributed by atoms with van der Waals surface area (Å²) in [6.45, 7) is 0.609. The van der Waals surface area contributed by atoms with E-state index in [0.717, 1.165) is 12.2 Å². The van der Waals surface area contributed by atoms with E-state index in [0.29, 0.717) is 11.8 Å². The van der Waals surface area contributed by atoms with Crippen molar-refractivity contribution in [2.45, 2.75) is 18.1 Å². The Morgan fingerprint density at radius 3 is 2.67 bits per heavy atom. The predicted molar refractivity (Wildman–Crippen MR) is 71.2 cm³/mol.